The summed E-state index contributed by atoms with van der Waals surface area (Å²) in [6, 6.07) is 17.1. The van der Waals surface area contributed by atoms with Gasteiger partial charge in [-0.2, -0.15) is 0 Å². The Morgan fingerprint density at radius 1 is 1.00 bits per heavy atom. The Bertz CT molecular complexity index is 595. The van der Waals surface area contributed by atoms with Gasteiger partial charge in [-0.15, -0.1) is 0 Å². The fourth-order valence-corrected chi connectivity index (χ4v) is 2.46. The molecule has 110 valence electrons. The van der Waals surface area contributed by atoms with Crippen LogP contribution >= 0.6 is 11.6 Å². The number of halogens is 1. The van der Waals surface area contributed by atoms with Crippen LogP contribution in [0.1, 0.15) is 29.5 Å². The van der Waals surface area contributed by atoms with Gasteiger partial charge in [0.05, 0.1) is 13.2 Å². The number of ether oxygens (including phenoxy) is 1. The molecule has 3 rings (SSSR count). The Morgan fingerprint density at radius 2 is 1.81 bits per heavy atom. The maximum Gasteiger partial charge on any atom is 0.0735 e. The topological polar surface area (TPSA) is 21.3 Å². The fourth-order valence-electron chi connectivity index (χ4n) is 2.27. The molecule has 0 unspecified atom stereocenters. The molecule has 3 heteroatoms. The summed E-state index contributed by atoms with van der Waals surface area (Å²) < 4.78 is 5.77. The van der Waals surface area contributed by atoms with Crippen LogP contribution in [0.2, 0.25) is 5.02 Å². The van der Waals surface area contributed by atoms with Crippen LogP contribution in [0.5, 0.6) is 0 Å². The molecule has 0 heterocycles. The van der Waals surface area contributed by atoms with E-state index >= 15 is 0 Å². The molecule has 1 N–H and O–H groups in total. The van der Waals surface area contributed by atoms with E-state index in [9.17, 15) is 0 Å². The van der Waals surface area contributed by atoms with E-state index in [-0.39, 0.29) is 0 Å². The first kappa shape index (κ1) is 14.6. The van der Waals surface area contributed by atoms with E-state index in [1.165, 1.54) is 24.0 Å². The van der Waals surface area contributed by atoms with E-state index in [2.05, 4.69) is 29.6 Å². The highest BCUT2D eigenvalue weighted by Crippen LogP contribution is 2.20. The molecule has 1 fully saturated rings. The monoisotopic (exact) mass is 301 g/mol. The van der Waals surface area contributed by atoms with Gasteiger partial charge in [0, 0.05) is 17.6 Å². The molecule has 1 saturated carbocycles. The molecule has 0 aromatic heterocycles. The molecule has 2 nitrogen and oxygen atoms in total. The molecular formula is C18H20ClNO. The highest BCUT2D eigenvalue weighted by Gasteiger charge is 2.19. The summed E-state index contributed by atoms with van der Waals surface area (Å²) in [5, 5.41) is 4.30. The normalized spacial score (nSPS) is 14.3. The smallest absolute Gasteiger partial charge is 0.0735 e. The Labute approximate surface area is 131 Å². The summed E-state index contributed by atoms with van der Waals surface area (Å²) in [4.78, 5) is 0. The molecule has 1 aliphatic rings. The van der Waals surface area contributed by atoms with Crippen molar-refractivity contribution in [2.75, 3.05) is 0 Å². The third kappa shape index (κ3) is 4.57. The van der Waals surface area contributed by atoms with Gasteiger partial charge in [-0.1, -0.05) is 54.1 Å². The molecule has 2 aromatic rings. The quantitative estimate of drug-likeness (QED) is 0.823. The minimum absolute atomic E-state index is 0.546. The minimum Gasteiger partial charge on any atom is -0.372 e. The summed E-state index contributed by atoms with van der Waals surface area (Å²) in [6.07, 6.45) is 2.64. The van der Waals surface area contributed by atoms with Crippen molar-refractivity contribution in [3.05, 3.63) is 70.2 Å². The van der Waals surface area contributed by atoms with Gasteiger partial charge in [-0.05, 0) is 35.6 Å². The highest BCUT2D eigenvalue weighted by atomic mass is 35.5. The third-order valence-corrected chi connectivity index (χ3v) is 4.02. The molecule has 2 aromatic carbocycles. The largest absolute Gasteiger partial charge is 0.372 e. The molecule has 0 atom stereocenters. The summed E-state index contributed by atoms with van der Waals surface area (Å²) in [6.45, 7) is 2.11. The Morgan fingerprint density at radius 3 is 2.62 bits per heavy atom. The lowest BCUT2D eigenvalue weighted by Crippen LogP contribution is -2.15. The van der Waals surface area contributed by atoms with Crippen molar-refractivity contribution in [2.45, 2.75) is 38.6 Å². The van der Waals surface area contributed by atoms with E-state index in [0.717, 1.165) is 23.2 Å². The molecule has 0 amide bonds. The summed E-state index contributed by atoms with van der Waals surface area (Å²) >= 11 is 6.12. The summed E-state index contributed by atoms with van der Waals surface area (Å²) in [5.74, 6) is 0. The second-order valence-electron chi connectivity index (χ2n) is 5.56. The fraction of sp³-hybridized carbons (Fsp3) is 0.333. The van der Waals surface area contributed by atoms with Crippen molar-refractivity contribution < 1.29 is 4.74 Å². The lowest BCUT2D eigenvalue weighted by atomic mass is 10.1. The third-order valence-electron chi connectivity index (χ3n) is 3.65. The highest BCUT2D eigenvalue weighted by molar-refractivity contribution is 6.31. The first-order valence-electron chi connectivity index (χ1n) is 7.43. The van der Waals surface area contributed by atoms with Crippen molar-refractivity contribution in [1.82, 2.24) is 5.32 Å². The predicted molar refractivity (Wildman–Crippen MR) is 86.2 cm³/mol. The van der Waals surface area contributed by atoms with E-state index in [4.69, 9.17) is 16.3 Å². The van der Waals surface area contributed by atoms with Gasteiger partial charge in [-0.25, -0.2) is 0 Å². The summed E-state index contributed by atoms with van der Waals surface area (Å²) in [5.41, 5.74) is 3.56. The zero-order chi connectivity index (χ0) is 14.5. The van der Waals surface area contributed by atoms with Gasteiger partial charge >= 0.3 is 0 Å². The van der Waals surface area contributed by atoms with E-state index in [1.807, 2.05) is 24.3 Å². The Kier molecular flexibility index (Phi) is 4.91. The van der Waals surface area contributed by atoms with Crippen LogP contribution in [0.25, 0.3) is 0 Å². The molecule has 0 bridgehead atoms. The minimum atomic E-state index is 0.546. The lowest BCUT2D eigenvalue weighted by Gasteiger charge is -2.08. The van der Waals surface area contributed by atoms with Gasteiger partial charge in [0.1, 0.15) is 0 Å². The Hall–Kier alpha value is -1.35. The lowest BCUT2D eigenvalue weighted by molar-refractivity contribution is 0.107. The average molecular weight is 302 g/mol. The molecule has 0 aliphatic heterocycles. The maximum atomic E-state index is 6.12. The number of benzene rings is 2. The van der Waals surface area contributed by atoms with E-state index in [0.29, 0.717) is 13.2 Å². The molecule has 0 saturated heterocycles. The first-order valence-corrected chi connectivity index (χ1v) is 7.81. The number of rotatable bonds is 7. The van der Waals surface area contributed by atoms with Crippen LogP contribution in [0.4, 0.5) is 0 Å². The predicted octanol–water partition coefficient (Wildman–Crippen LogP) is 4.31. The van der Waals surface area contributed by atoms with Gasteiger partial charge in [0.2, 0.25) is 0 Å². The van der Waals surface area contributed by atoms with Crippen LogP contribution in [0.3, 0.4) is 0 Å². The molecule has 0 radical (unpaired) electrons. The van der Waals surface area contributed by atoms with Gasteiger partial charge in [-0.3, -0.25) is 0 Å². The standard InChI is InChI=1S/C18H20ClNO/c19-18-7-2-1-6-16(18)13-21-12-15-5-3-4-14(10-15)11-20-17-8-9-17/h1-7,10,17,20H,8-9,11-13H2. The van der Waals surface area contributed by atoms with Gasteiger partial charge in [0.25, 0.3) is 0 Å². The van der Waals surface area contributed by atoms with Gasteiger partial charge < -0.3 is 10.1 Å². The maximum absolute atomic E-state index is 6.12. The van der Waals surface area contributed by atoms with Crippen molar-refractivity contribution >= 4 is 11.6 Å². The van der Waals surface area contributed by atoms with Gasteiger partial charge in [0.15, 0.2) is 0 Å². The van der Waals surface area contributed by atoms with E-state index < -0.39 is 0 Å². The zero-order valence-electron chi connectivity index (χ0n) is 12.0. The van der Waals surface area contributed by atoms with Crippen LogP contribution < -0.4 is 5.32 Å². The van der Waals surface area contributed by atoms with Crippen LogP contribution in [0.15, 0.2) is 48.5 Å². The SMILES string of the molecule is Clc1ccccc1COCc1cccc(CNC2CC2)c1. The summed E-state index contributed by atoms with van der Waals surface area (Å²) in [7, 11) is 0. The number of nitrogens with one attached hydrogen (secondary N) is 1. The zero-order valence-corrected chi connectivity index (χ0v) is 12.8. The first-order chi connectivity index (χ1) is 10.3. The van der Waals surface area contributed by atoms with Crippen LogP contribution in [-0.2, 0) is 24.5 Å². The van der Waals surface area contributed by atoms with Crippen molar-refractivity contribution in [2.24, 2.45) is 0 Å². The van der Waals surface area contributed by atoms with Crippen molar-refractivity contribution in [3.63, 3.8) is 0 Å². The molecule has 21 heavy (non-hydrogen) atoms. The number of hydrogen-bond donors (Lipinski definition) is 1. The Balaban J connectivity index is 1.50. The second-order valence-corrected chi connectivity index (χ2v) is 5.97. The molecule has 0 spiro atoms. The molecule has 1 aliphatic carbocycles. The van der Waals surface area contributed by atoms with E-state index in [1.54, 1.807) is 0 Å². The van der Waals surface area contributed by atoms with Crippen LogP contribution in [-0.4, -0.2) is 6.04 Å². The van der Waals surface area contributed by atoms with Crippen LogP contribution in [0, 0.1) is 0 Å². The second kappa shape index (κ2) is 7.08. The average Bonchev–Trinajstić information content (AvgIpc) is 3.32. The number of hydrogen-bond acceptors (Lipinski definition) is 2. The van der Waals surface area contributed by atoms with Crippen molar-refractivity contribution in [1.29, 1.82) is 0 Å². The molecular weight excluding hydrogens is 282 g/mol. The van der Waals surface area contributed by atoms with Crippen molar-refractivity contribution in [3.8, 4) is 0 Å².